The van der Waals surface area contributed by atoms with Gasteiger partial charge in [-0.3, -0.25) is 10.1 Å². The quantitative estimate of drug-likeness (QED) is 0.876. The number of carbonyl (C=O) groups is 1. The molecule has 2 unspecified atom stereocenters. The minimum Gasteiger partial charge on any atom is -0.380 e. The first-order chi connectivity index (χ1) is 10.0. The summed E-state index contributed by atoms with van der Waals surface area (Å²) in [7, 11) is 0. The summed E-state index contributed by atoms with van der Waals surface area (Å²) in [6.45, 7) is 10.0. The van der Waals surface area contributed by atoms with E-state index in [4.69, 9.17) is 4.74 Å². The van der Waals surface area contributed by atoms with Crippen molar-refractivity contribution in [1.29, 1.82) is 0 Å². The van der Waals surface area contributed by atoms with Crippen LogP contribution in [0.2, 0.25) is 0 Å². The average Bonchev–Trinajstić information content (AvgIpc) is 2.86. The number of amides is 1. The van der Waals surface area contributed by atoms with Gasteiger partial charge in [0.05, 0.1) is 19.2 Å². The van der Waals surface area contributed by atoms with Crippen LogP contribution in [0, 0.1) is 0 Å². The van der Waals surface area contributed by atoms with Crippen molar-refractivity contribution in [3.8, 4) is 0 Å². The number of nitrogens with one attached hydrogen (secondary N) is 1. The fraction of sp³-hybridized carbons (Fsp3) is 0.588. The SMILES string of the molecule is CCOCC(C)N1C(=O)CNC1c1ccc(C(C)C)cc1. The van der Waals surface area contributed by atoms with Crippen LogP contribution >= 0.6 is 0 Å². The maximum Gasteiger partial charge on any atom is 0.238 e. The molecule has 0 spiro atoms. The van der Waals surface area contributed by atoms with Crippen LogP contribution in [0.25, 0.3) is 0 Å². The minimum absolute atomic E-state index is 0.0471. The van der Waals surface area contributed by atoms with Crippen molar-refractivity contribution in [2.45, 2.75) is 45.8 Å². The van der Waals surface area contributed by atoms with E-state index in [9.17, 15) is 4.79 Å². The molecule has 1 aliphatic heterocycles. The van der Waals surface area contributed by atoms with Gasteiger partial charge < -0.3 is 9.64 Å². The van der Waals surface area contributed by atoms with Crippen LogP contribution in [0.1, 0.15) is 50.9 Å². The van der Waals surface area contributed by atoms with Crippen LogP contribution in [0.15, 0.2) is 24.3 Å². The van der Waals surface area contributed by atoms with Gasteiger partial charge in [-0.15, -0.1) is 0 Å². The maximum atomic E-state index is 12.1. The maximum absolute atomic E-state index is 12.1. The molecular weight excluding hydrogens is 264 g/mol. The molecule has 0 radical (unpaired) electrons. The Morgan fingerprint density at radius 3 is 2.52 bits per heavy atom. The number of hydrogen-bond donors (Lipinski definition) is 1. The molecule has 0 saturated carbocycles. The Morgan fingerprint density at radius 1 is 1.29 bits per heavy atom. The number of rotatable bonds is 6. The van der Waals surface area contributed by atoms with Gasteiger partial charge in [0, 0.05) is 6.61 Å². The van der Waals surface area contributed by atoms with Crippen LogP contribution < -0.4 is 5.32 Å². The van der Waals surface area contributed by atoms with Crippen molar-refractivity contribution < 1.29 is 9.53 Å². The highest BCUT2D eigenvalue weighted by Gasteiger charge is 2.34. The van der Waals surface area contributed by atoms with Crippen molar-refractivity contribution in [1.82, 2.24) is 10.2 Å². The van der Waals surface area contributed by atoms with Crippen LogP contribution in [-0.4, -0.2) is 36.6 Å². The second kappa shape index (κ2) is 7.05. The van der Waals surface area contributed by atoms with Crippen LogP contribution in [0.5, 0.6) is 0 Å². The number of carbonyl (C=O) groups excluding carboxylic acids is 1. The van der Waals surface area contributed by atoms with Gasteiger partial charge in [0.25, 0.3) is 0 Å². The van der Waals surface area contributed by atoms with E-state index in [1.807, 2.05) is 18.7 Å². The number of nitrogens with zero attached hydrogens (tertiary/aromatic N) is 1. The Labute approximate surface area is 127 Å². The standard InChI is InChI=1S/C17H26N2O2/c1-5-21-11-13(4)19-16(20)10-18-17(19)15-8-6-14(7-9-15)12(2)3/h6-9,12-13,17-18H,5,10-11H2,1-4H3. The number of benzene rings is 1. The third-order valence-corrected chi connectivity index (χ3v) is 3.97. The number of hydrogen-bond acceptors (Lipinski definition) is 3. The molecule has 1 heterocycles. The fourth-order valence-electron chi connectivity index (χ4n) is 2.73. The average molecular weight is 290 g/mol. The normalized spacial score (nSPS) is 20.3. The molecule has 0 aliphatic carbocycles. The first-order valence-electron chi connectivity index (χ1n) is 7.76. The van der Waals surface area contributed by atoms with Gasteiger partial charge in [-0.05, 0) is 30.9 Å². The predicted octanol–water partition coefficient (Wildman–Crippen LogP) is 2.67. The Hall–Kier alpha value is -1.39. The Morgan fingerprint density at radius 2 is 1.95 bits per heavy atom. The summed E-state index contributed by atoms with van der Waals surface area (Å²) in [6.07, 6.45) is -0.0471. The molecular formula is C17H26N2O2. The van der Waals surface area contributed by atoms with E-state index in [0.29, 0.717) is 25.7 Å². The summed E-state index contributed by atoms with van der Waals surface area (Å²) in [5.74, 6) is 0.658. The molecule has 1 aliphatic rings. The van der Waals surface area contributed by atoms with Gasteiger partial charge in [0.1, 0.15) is 6.17 Å². The van der Waals surface area contributed by atoms with Gasteiger partial charge in [0.15, 0.2) is 0 Å². The second-order valence-corrected chi connectivity index (χ2v) is 5.91. The van der Waals surface area contributed by atoms with E-state index in [1.165, 1.54) is 5.56 Å². The van der Waals surface area contributed by atoms with Crippen LogP contribution in [0.3, 0.4) is 0 Å². The fourth-order valence-corrected chi connectivity index (χ4v) is 2.73. The van der Waals surface area contributed by atoms with E-state index < -0.39 is 0 Å². The molecule has 4 nitrogen and oxygen atoms in total. The zero-order valence-electron chi connectivity index (χ0n) is 13.4. The lowest BCUT2D eigenvalue weighted by molar-refractivity contribution is -0.131. The number of ether oxygens (including phenoxy) is 1. The Kier molecular flexibility index (Phi) is 5.37. The monoisotopic (exact) mass is 290 g/mol. The minimum atomic E-state index is -0.0471. The van der Waals surface area contributed by atoms with E-state index >= 15 is 0 Å². The second-order valence-electron chi connectivity index (χ2n) is 5.91. The molecule has 116 valence electrons. The van der Waals surface area contributed by atoms with E-state index in [1.54, 1.807) is 0 Å². The molecule has 1 N–H and O–H groups in total. The van der Waals surface area contributed by atoms with Crippen LogP contribution in [0.4, 0.5) is 0 Å². The Bertz CT molecular complexity index is 470. The molecule has 1 amide bonds. The summed E-state index contributed by atoms with van der Waals surface area (Å²) in [4.78, 5) is 14.0. The molecule has 0 bridgehead atoms. The van der Waals surface area contributed by atoms with E-state index in [2.05, 4.69) is 43.4 Å². The van der Waals surface area contributed by atoms with Crippen LogP contribution in [-0.2, 0) is 9.53 Å². The predicted molar refractivity (Wildman–Crippen MR) is 84.1 cm³/mol. The topological polar surface area (TPSA) is 41.6 Å². The van der Waals surface area contributed by atoms with Crippen molar-refractivity contribution in [3.05, 3.63) is 35.4 Å². The highest BCUT2D eigenvalue weighted by molar-refractivity contribution is 5.81. The summed E-state index contributed by atoms with van der Waals surface area (Å²) in [6, 6.07) is 8.60. The van der Waals surface area contributed by atoms with Gasteiger partial charge >= 0.3 is 0 Å². The lowest BCUT2D eigenvalue weighted by atomic mass is 10.0. The van der Waals surface area contributed by atoms with Crippen molar-refractivity contribution in [3.63, 3.8) is 0 Å². The summed E-state index contributed by atoms with van der Waals surface area (Å²) < 4.78 is 5.47. The molecule has 1 aromatic rings. The van der Waals surface area contributed by atoms with Crippen molar-refractivity contribution in [2.75, 3.05) is 19.8 Å². The first kappa shape index (κ1) is 16.0. The molecule has 21 heavy (non-hydrogen) atoms. The third-order valence-electron chi connectivity index (χ3n) is 3.97. The molecule has 1 saturated heterocycles. The Balaban J connectivity index is 2.15. The molecule has 2 atom stereocenters. The van der Waals surface area contributed by atoms with Gasteiger partial charge in [0.2, 0.25) is 5.91 Å². The molecule has 0 aromatic heterocycles. The highest BCUT2D eigenvalue weighted by atomic mass is 16.5. The van der Waals surface area contributed by atoms with Crippen molar-refractivity contribution >= 4 is 5.91 Å². The summed E-state index contributed by atoms with van der Waals surface area (Å²) >= 11 is 0. The molecule has 1 fully saturated rings. The van der Waals surface area contributed by atoms with E-state index in [-0.39, 0.29) is 18.1 Å². The summed E-state index contributed by atoms with van der Waals surface area (Å²) in [5.41, 5.74) is 2.45. The molecule has 2 rings (SSSR count). The van der Waals surface area contributed by atoms with E-state index in [0.717, 1.165) is 5.56 Å². The third kappa shape index (κ3) is 3.63. The van der Waals surface area contributed by atoms with Crippen molar-refractivity contribution in [2.24, 2.45) is 0 Å². The van der Waals surface area contributed by atoms with Gasteiger partial charge in [-0.2, -0.15) is 0 Å². The zero-order valence-corrected chi connectivity index (χ0v) is 13.4. The van der Waals surface area contributed by atoms with Gasteiger partial charge in [-0.25, -0.2) is 0 Å². The first-order valence-corrected chi connectivity index (χ1v) is 7.76. The zero-order chi connectivity index (χ0) is 15.4. The van der Waals surface area contributed by atoms with Gasteiger partial charge in [-0.1, -0.05) is 38.1 Å². The lowest BCUT2D eigenvalue weighted by Gasteiger charge is -2.30. The lowest BCUT2D eigenvalue weighted by Crippen LogP contribution is -2.40. The smallest absolute Gasteiger partial charge is 0.238 e. The largest absolute Gasteiger partial charge is 0.380 e. The molecule has 1 aromatic carbocycles. The molecule has 4 heteroatoms. The summed E-state index contributed by atoms with van der Waals surface area (Å²) in [5, 5.41) is 3.30. The highest BCUT2D eigenvalue weighted by Crippen LogP contribution is 2.26.